The average Bonchev–Trinajstić information content (AvgIpc) is 2.67. The van der Waals surface area contributed by atoms with Crippen LogP contribution in [0, 0.1) is 5.92 Å². The van der Waals surface area contributed by atoms with Crippen molar-refractivity contribution in [1.82, 2.24) is 0 Å². The summed E-state index contributed by atoms with van der Waals surface area (Å²) in [6, 6.07) is 0. The first-order chi connectivity index (χ1) is 8.69. The fourth-order valence-electron chi connectivity index (χ4n) is 1.87. The lowest BCUT2D eigenvalue weighted by Crippen LogP contribution is -2.24. The SMILES string of the molecule is C=CC(C/C=C(\C)C1C=CC=CC=C1)B(O)CO. The van der Waals surface area contributed by atoms with Gasteiger partial charge in [-0.3, -0.25) is 0 Å². The van der Waals surface area contributed by atoms with Crippen LogP contribution in [0.4, 0.5) is 0 Å². The molecule has 0 fully saturated rings. The third kappa shape index (κ3) is 4.51. The Morgan fingerprint density at radius 2 is 1.94 bits per heavy atom. The summed E-state index contributed by atoms with van der Waals surface area (Å²) in [7, 11) is 0. The highest BCUT2D eigenvalue weighted by atomic mass is 16.3. The molecule has 0 heterocycles. The molecule has 0 aromatic heterocycles. The van der Waals surface area contributed by atoms with Crippen LogP contribution in [-0.2, 0) is 0 Å². The summed E-state index contributed by atoms with van der Waals surface area (Å²) in [5, 5.41) is 18.5. The smallest absolute Gasteiger partial charge is 0.322 e. The van der Waals surface area contributed by atoms with Gasteiger partial charge in [-0.1, -0.05) is 54.2 Å². The summed E-state index contributed by atoms with van der Waals surface area (Å²) in [6.07, 6.45) is 16.9. The fraction of sp³-hybridized carbons (Fsp3) is 0.333. The van der Waals surface area contributed by atoms with Gasteiger partial charge in [-0.15, -0.1) is 6.58 Å². The van der Waals surface area contributed by atoms with E-state index in [1.807, 2.05) is 24.3 Å². The van der Waals surface area contributed by atoms with Crippen molar-refractivity contribution < 1.29 is 10.1 Å². The van der Waals surface area contributed by atoms with Crippen molar-refractivity contribution in [3.63, 3.8) is 0 Å². The molecule has 2 N–H and O–H groups in total. The van der Waals surface area contributed by atoms with E-state index in [2.05, 4.69) is 31.7 Å². The summed E-state index contributed by atoms with van der Waals surface area (Å²) in [4.78, 5) is 0. The molecule has 2 nitrogen and oxygen atoms in total. The Labute approximate surface area is 110 Å². The highest BCUT2D eigenvalue weighted by molar-refractivity contribution is 6.52. The van der Waals surface area contributed by atoms with Crippen LogP contribution in [-0.4, -0.2) is 23.6 Å². The maximum absolute atomic E-state index is 9.60. The molecule has 18 heavy (non-hydrogen) atoms. The van der Waals surface area contributed by atoms with Crippen molar-refractivity contribution >= 4 is 6.92 Å². The average molecular weight is 244 g/mol. The van der Waals surface area contributed by atoms with Gasteiger partial charge in [-0.05, 0) is 19.2 Å². The molecule has 1 unspecified atom stereocenters. The minimum absolute atomic E-state index is 0.0955. The van der Waals surface area contributed by atoms with Gasteiger partial charge in [0.25, 0.3) is 0 Å². The summed E-state index contributed by atoms with van der Waals surface area (Å²) in [6.45, 7) is 4.82. The first-order valence-corrected chi connectivity index (χ1v) is 6.28. The van der Waals surface area contributed by atoms with E-state index in [1.165, 1.54) is 5.57 Å². The van der Waals surface area contributed by atoms with Crippen LogP contribution >= 0.6 is 0 Å². The number of hydrogen-bond donors (Lipinski definition) is 2. The molecule has 0 amide bonds. The zero-order valence-electron chi connectivity index (χ0n) is 10.9. The molecule has 0 spiro atoms. The molecule has 1 rings (SSSR count). The predicted octanol–water partition coefficient (Wildman–Crippen LogP) is 2.69. The van der Waals surface area contributed by atoms with Crippen molar-refractivity contribution in [3.05, 3.63) is 60.8 Å². The molecule has 0 aromatic rings. The molecular weight excluding hydrogens is 223 g/mol. The maximum atomic E-state index is 9.60. The zero-order chi connectivity index (χ0) is 13.4. The number of hydrogen-bond acceptors (Lipinski definition) is 2. The number of aliphatic hydroxyl groups excluding tert-OH is 1. The Balaban J connectivity index is 2.62. The fourth-order valence-corrected chi connectivity index (χ4v) is 1.87. The molecule has 0 radical (unpaired) electrons. The standard InChI is InChI=1S/C15H21BO2/c1-3-15(16(18)12-17)11-10-13(2)14-8-6-4-5-7-9-14/h3-10,14-15,17-18H,1,11-12H2,2H3/b13-10+. The number of aliphatic hydroxyl groups is 1. The minimum Gasteiger partial charge on any atom is -0.448 e. The van der Waals surface area contributed by atoms with E-state index >= 15 is 0 Å². The molecule has 0 aliphatic heterocycles. The van der Waals surface area contributed by atoms with Gasteiger partial charge >= 0.3 is 6.92 Å². The Morgan fingerprint density at radius 1 is 1.33 bits per heavy atom. The Kier molecular flexibility index (Phi) is 6.48. The maximum Gasteiger partial charge on any atom is 0.322 e. The highest BCUT2D eigenvalue weighted by Gasteiger charge is 2.19. The summed E-state index contributed by atoms with van der Waals surface area (Å²) >= 11 is 0. The third-order valence-corrected chi connectivity index (χ3v) is 3.19. The van der Waals surface area contributed by atoms with Gasteiger partial charge in [0.05, 0.1) is 0 Å². The van der Waals surface area contributed by atoms with Crippen molar-refractivity contribution in [2.75, 3.05) is 6.51 Å². The molecule has 96 valence electrons. The van der Waals surface area contributed by atoms with Crippen molar-refractivity contribution in [1.29, 1.82) is 0 Å². The lowest BCUT2D eigenvalue weighted by atomic mass is 9.56. The van der Waals surface area contributed by atoms with Crippen LogP contribution in [0.2, 0.25) is 5.82 Å². The van der Waals surface area contributed by atoms with E-state index in [-0.39, 0.29) is 12.3 Å². The Hall–Kier alpha value is -1.32. The van der Waals surface area contributed by atoms with E-state index in [9.17, 15) is 5.02 Å². The summed E-state index contributed by atoms with van der Waals surface area (Å²) < 4.78 is 0. The molecule has 1 atom stereocenters. The first-order valence-electron chi connectivity index (χ1n) is 6.28. The zero-order valence-corrected chi connectivity index (χ0v) is 10.9. The molecular formula is C15H21BO2. The lowest BCUT2D eigenvalue weighted by molar-refractivity contribution is 0.335. The molecule has 3 heteroatoms. The third-order valence-electron chi connectivity index (χ3n) is 3.19. The lowest BCUT2D eigenvalue weighted by Gasteiger charge is -2.14. The number of rotatable bonds is 6. The molecule has 0 saturated heterocycles. The van der Waals surface area contributed by atoms with Gasteiger partial charge in [0.2, 0.25) is 0 Å². The van der Waals surface area contributed by atoms with Crippen LogP contribution < -0.4 is 0 Å². The minimum atomic E-state index is -0.728. The Morgan fingerprint density at radius 3 is 2.44 bits per heavy atom. The second kappa shape index (κ2) is 7.91. The van der Waals surface area contributed by atoms with E-state index in [0.29, 0.717) is 12.3 Å². The Bertz CT molecular complexity index is 364. The quantitative estimate of drug-likeness (QED) is 0.557. The van der Waals surface area contributed by atoms with Gasteiger partial charge in [0, 0.05) is 12.4 Å². The van der Waals surface area contributed by atoms with Gasteiger partial charge in [0.1, 0.15) is 0 Å². The topological polar surface area (TPSA) is 40.5 Å². The second-order valence-electron chi connectivity index (χ2n) is 4.51. The largest absolute Gasteiger partial charge is 0.448 e. The molecule has 1 aliphatic carbocycles. The molecule has 0 bridgehead atoms. The second-order valence-corrected chi connectivity index (χ2v) is 4.51. The molecule has 0 saturated carbocycles. The van der Waals surface area contributed by atoms with Gasteiger partial charge in [-0.2, -0.15) is 0 Å². The van der Waals surface area contributed by atoms with E-state index in [4.69, 9.17) is 5.11 Å². The summed E-state index contributed by atoms with van der Waals surface area (Å²) in [5.74, 6) is 0.207. The van der Waals surface area contributed by atoms with Gasteiger partial charge < -0.3 is 10.1 Å². The van der Waals surface area contributed by atoms with Gasteiger partial charge in [0.15, 0.2) is 0 Å². The number of allylic oxidation sites excluding steroid dienone is 9. The van der Waals surface area contributed by atoms with Crippen LogP contribution in [0.1, 0.15) is 13.3 Å². The van der Waals surface area contributed by atoms with Crippen LogP contribution in [0.15, 0.2) is 60.8 Å². The van der Waals surface area contributed by atoms with Crippen molar-refractivity contribution in [2.45, 2.75) is 19.2 Å². The van der Waals surface area contributed by atoms with E-state index in [0.717, 1.165) is 0 Å². The van der Waals surface area contributed by atoms with Gasteiger partial charge in [-0.25, -0.2) is 0 Å². The highest BCUT2D eigenvalue weighted by Crippen LogP contribution is 2.21. The first kappa shape index (κ1) is 14.7. The van der Waals surface area contributed by atoms with Crippen LogP contribution in [0.5, 0.6) is 0 Å². The molecule has 1 aliphatic rings. The van der Waals surface area contributed by atoms with Crippen molar-refractivity contribution in [2.24, 2.45) is 5.92 Å². The van der Waals surface area contributed by atoms with Crippen molar-refractivity contribution in [3.8, 4) is 0 Å². The normalized spacial score (nSPS) is 17.6. The van der Waals surface area contributed by atoms with Crippen LogP contribution in [0.25, 0.3) is 0 Å². The molecule has 0 aromatic carbocycles. The predicted molar refractivity (Wildman–Crippen MR) is 78.3 cm³/mol. The monoisotopic (exact) mass is 244 g/mol. The van der Waals surface area contributed by atoms with E-state index in [1.54, 1.807) is 6.08 Å². The van der Waals surface area contributed by atoms with Crippen LogP contribution in [0.3, 0.4) is 0 Å². The summed E-state index contributed by atoms with van der Waals surface area (Å²) in [5.41, 5.74) is 1.24. The van der Waals surface area contributed by atoms with E-state index < -0.39 is 6.92 Å².